The second-order valence-corrected chi connectivity index (χ2v) is 4.83. The van der Waals surface area contributed by atoms with E-state index in [4.69, 9.17) is 5.73 Å². The standard InChI is InChI=1S/C14H21FN2/c15-13-6-2-1-4-11(13)8-9-17-14-7-3-5-12(14)10-16/h1-2,4,6,12,14,17H,3,5,7-10,16H2. The number of nitrogens with two attached hydrogens (primary N) is 1. The first kappa shape index (κ1) is 12.5. The summed E-state index contributed by atoms with van der Waals surface area (Å²) in [7, 11) is 0. The van der Waals surface area contributed by atoms with Gasteiger partial charge >= 0.3 is 0 Å². The molecule has 1 aromatic carbocycles. The van der Waals surface area contributed by atoms with Gasteiger partial charge in [0, 0.05) is 6.04 Å². The van der Waals surface area contributed by atoms with Crippen LogP contribution in [0, 0.1) is 11.7 Å². The van der Waals surface area contributed by atoms with Crippen LogP contribution in [0.1, 0.15) is 24.8 Å². The van der Waals surface area contributed by atoms with Gasteiger partial charge in [-0.1, -0.05) is 24.6 Å². The minimum Gasteiger partial charge on any atom is -0.330 e. The summed E-state index contributed by atoms with van der Waals surface area (Å²) in [5.41, 5.74) is 6.52. The van der Waals surface area contributed by atoms with Crippen LogP contribution in [0.3, 0.4) is 0 Å². The van der Waals surface area contributed by atoms with Crippen LogP contribution in [-0.2, 0) is 6.42 Å². The van der Waals surface area contributed by atoms with E-state index in [9.17, 15) is 4.39 Å². The molecule has 1 aliphatic rings. The summed E-state index contributed by atoms with van der Waals surface area (Å²) in [5, 5.41) is 3.51. The Labute approximate surface area is 102 Å². The Hall–Kier alpha value is -0.930. The second-order valence-electron chi connectivity index (χ2n) is 4.83. The molecular formula is C14H21FN2. The Kier molecular flexibility index (Phi) is 4.51. The fourth-order valence-corrected chi connectivity index (χ4v) is 2.68. The van der Waals surface area contributed by atoms with Crippen molar-refractivity contribution in [3.63, 3.8) is 0 Å². The summed E-state index contributed by atoms with van der Waals surface area (Å²) in [6.45, 7) is 1.60. The monoisotopic (exact) mass is 236 g/mol. The van der Waals surface area contributed by atoms with Gasteiger partial charge in [-0.15, -0.1) is 0 Å². The van der Waals surface area contributed by atoms with Gasteiger partial charge in [0.2, 0.25) is 0 Å². The Morgan fingerprint density at radius 3 is 2.88 bits per heavy atom. The molecule has 1 aromatic rings. The van der Waals surface area contributed by atoms with Crippen molar-refractivity contribution in [1.82, 2.24) is 5.32 Å². The quantitative estimate of drug-likeness (QED) is 0.821. The number of halogens is 1. The lowest BCUT2D eigenvalue weighted by Crippen LogP contribution is -2.37. The molecule has 2 atom stereocenters. The van der Waals surface area contributed by atoms with E-state index in [1.165, 1.54) is 25.3 Å². The fraction of sp³-hybridized carbons (Fsp3) is 0.571. The Morgan fingerprint density at radius 1 is 1.29 bits per heavy atom. The predicted molar refractivity (Wildman–Crippen MR) is 68.3 cm³/mol. The smallest absolute Gasteiger partial charge is 0.126 e. The van der Waals surface area contributed by atoms with E-state index in [1.54, 1.807) is 6.07 Å². The second kappa shape index (κ2) is 6.12. The number of benzene rings is 1. The molecule has 17 heavy (non-hydrogen) atoms. The lowest BCUT2D eigenvalue weighted by molar-refractivity contribution is 0.409. The summed E-state index contributed by atoms with van der Waals surface area (Å²) in [6.07, 6.45) is 4.45. The first-order valence-electron chi connectivity index (χ1n) is 6.48. The molecule has 1 fully saturated rings. The molecule has 0 amide bonds. The summed E-state index contributed by atoms with van der Waals surface area (Å²) < 4.78 is 13.4. The van der Waals surface area contributed by atoms with Gasteiger partial charge in [0.15, 0.2) is 0 Å². The van der Waals surface area contributed by atoms with Gasteiger partial charge in [-0.25, -0.2) is 4.39 Å². The molecule has 94 valence electrons. The highest BCUT2D eigenvalue weighted by Crippen LogP contribution is 2.24. The molecule has 0 aliphatic heterocycles. The summed E-state index contributed by atoms with van der Waals surface area (Å²) in [4.78, 5) is 0. The molecule has 2 rings (SSSR count). The fourth-order valence-electron chi connectivity index (χ4n) is 2.68. The predicted octanol–water partition coefficient (Wildman–Crippen LogP) is 2.09. The number of hydrogen-bond donors (Lipinski definition) is 2. The number of nitrogens with one attached hydrogen (secondary N) is 1. The first-order chi connectivity index (χ1) is 8.31. The van der Waals surface area contributed by atoms with Gasteiger partial charge < -0.3 is 11.1 Å². The molecule has 1 saturated carbocycles. The van der Waals surface area contributed by atoms with Crippen LogP contribution < -0.4 is 11.1 Å². The van der Waals surface area contributed by atoms with Crippen LogP contribution in [0.25, 0.3) is 0 Å². The van der Waals surface area contributed by atoms with Crippen LogP contribution >= 0.6 is 0 Å². The van der Waals surface area contributed by atoms with Gasteiger partial charge in [-0.2, -0.15) is 0 Å². The van der Waals surface area contributed by atoms with Gasteiger partial charge in [-0.05, 0) is 49.9 Å². The van der Waals surface area contributed by atoms with Crippen molar-refractivity contribution in [3.05, 3.63) is 35.6 Å². The van der Waals surface area contributed by atoms with Gasteiger partial charge in [0.1, 0.15) is 5.82 Å². The van der Waals surface area contributed by atoms with Crippen molar-refractivity contribution in [2.24, 2.45) is 11.7 Å². The molecule has 0 bridgehead atoms. The summed E-state index contributed by atoms with van der Waals surface area (Å²) >= 11 is 0. The third-order valence-electron chi connectivity index (χ3n) is 3.72. The van der Waals surface area contributed by atoms with E-state index >= 15 is 0 Å². The van der Waals surface area contributed by atoms with Gasteiger partial charge in [0.05, 0.1) is 0 Å². The molecule has 2 nitrogen and oxygen atoms in total. The normalized spacial score (nSPS) is 24.1. The highest BCUT2D eigenvalue weighted by molar-refractivity contribution is 5.17. The molecule has 3 heteroatoms. The van der Waals surface area contributed by atoms with Crippen LogP contribution in [0.2, 0.25) is 0 Å². The zero-order valence-electron chi connectivity index (χ0n) is 10.2. The van der Waals surface area contributed by atoms with E-state index in [1.807, 2.05) is 12.1 Å². The lowest BCUT2D eigenvalue weighted by Gasteiger charge is -2.19. The topological polar surface area (TPSA) is 38.0 Å². The molecular weight excluding hydrogens is 215 g/mol. The SMILES string of the molecule is NCC1CCCC1NCCc1ccccc1F. The van der Waals surface area contributed by atoms with E-state index < -0.39 is 0 Å². The lowest BCUT2D eigenvalue weighted by atomic mass is 10.0. The van der Waals surface area contributed by atoms with Crippen LogP contribution in [0.4, 0.5) is 4.39 Å². The minimum absolute atomic E-state index is 0.101. The van der Waals surface area contributed by atoms with E-state index in [0.29, 0.717) is 12.0 Å². The Bertz CT molecular complexity index is 354. The maximum Gasteiger partial charge on any atom is 0.126 e. The van der Waals surface area contributed by atoms with Crippen molar-refractivity contribution in [3.8, 4) is 0 Å². The van der Waals surface area contributed by atoms with Crippen molar-refractivity contribution >= 4 is 0 Å². The average molecular weight is 236 g/mol. The third-order valence-corrected chi connectivity index (χ3v) is 3.72. The Balaban J connectivity index is 1.78. The largest absolute Gasteiger partial charge is 0.330 e. The molecule has 0 saturated heterocycles. The van der Waals surface area contributed by atoms with E-state index in [-0.39, 0.29) is 5.82 Å². The molecule has 0 spiro atoms. The van der Waals surface area contributed by atoms with E-state index in [2.05, 4.69) is 5.32 Å². The van der Waals surface area contributed by atoms with Gasteiger partial charge in [0.25, 0.3) is 0 Å². The van der Waals surface area contributed by atoms with Gasteiger partial charge in [-0.3, -0.25) is 0 Å². The van der Waals surface area contributed by atoms with Crippen molar-refractivity contribution in [2.75, 3.05) is 13.1 Å². The third kappa shape index (κ3) is 3.27. The number of rotatable bonds is 5. The molecule has 0 aromatic heterocycles. The molecule has 0 radical (unpaired) electrons. The molecule has 3 N–H and O–H groups in total. The van der Waals surface area contributed by atoms with Crippen molar-refractivity contribution in [2.45, 2.75) is 31.7 Å². The molecule has 1 aliphatic carbocycles. The molecule has 0 heterocycles. The zero-order chi connectivity index (χ0) is 12.1. The molecule has 2 unspecified atom stereocenters. The van der Waals surface area contributed by atoms with Crippen LogP contribution in [-0.4, -0.2) is 19.1 Å². The summed E-state index contributed by atoms with van der Waals surface area (Å²) in [6, 6.07) is 7.52. The van der Waals surface area contributed by atoms with Crippen LogP contribution in [0.15, 0.2) is 24.3 Å². The van der Waals surface area contributed by atoms with Crippen molar-refractivity contribution < 1.29 is 4.39 Å². The average Bonchev–Trinajstić information content (AvgIpc) is 2.79. The highest BCUT2D eigenvalue weighted by Gasteiger charge is 2.25. The first-order valence-corrected chi connectivity index (χ1v) is 6.48. The van der Waals surface area contributed by atoms with Crippen molar-refractivity contribution in [1.29, 1.82) is 0 Å². The summed E-state index contributed by atoms with van der Waals surface area (Å²) in [5.74, 6) is 0.506. The highest BCUT2D eigenvalue weighted by atomic mass is 19.1. The Morgan fingerprint density at radius 2 is 2.12 bits per heavy atom. The van der Waals surface area contributed by atoms with E-state index in [0.717, 1.165) is 25.1 Å². The number of hydrogen-bond acceptors (Lipinski definition) is 2. The maximum atomic E-state index is 13.4. The maximum absolute atomic E-state index is 13.4. The van der Waals surface area contributed by atoms with Crippen LogP contribution in [0.5, 0.6) is 0 Å². The minimum atomic E-state index is -0.101. The zero-order valence-corrected chi connectivity index (χ0v) is 10.2.